The van der Waals surface area contributed by atoms with Crippen LogP contribution in [0.3, 0.4) is 0 Å². The quantitative estimate of drug-likeness (QED) is 0.307. The van der Waals surface area contributed by atoms with E-state index in [2.05, 4.69) is 75.1 Å². The predicted octanol–water partition coefficient (Wildman–Crippen LogP) is 5.58. The molecule has 0 saturated heterocycles. The first-order valence-electron chi connectivity index (χ1n) is 6.14. The Balaban J connectivity index is -0.000000266. The molecule has 0 aromatic carbocycles. The molecule has 0 aromatic rings. The Labute approximate surface area is 125 Å². The van der Waals surface area contributed by atoms with Crippen LogP contribution in [0.15, 0.2) is 19.6 Å². The summed E-state index contributed by atoms with van der Waals surface area (Å²) in [6.07, 6.45) is 1.75. The van der Waals surface area contributed by atoms with E-state index in [0.29, 0.717) is 7.92 Å². The van der Waals surface area contributed by atoms with Crippen LogP contribution in [0.5, 0.6) is 0 Å². The fourth-order valence-corrected chi connectivity index (χ4v) is 1.57. The van der Waals surface area contributed by atoms with Gasteiger partial charge in [0.15, 0.2) is 0 Å². The third kappa shape index (κ3) is 55.0. The summed E-state index contributed by atoms with van der Waals surface area (Å²) < 4.78 is 9.01. The van der Waals surface area contributed by atoms with Crippen molar-refractivity contribution in [3.63, 3.8) is 0 Å². The second-order valence-electron chi connectivity index (χ2n) is 6.36. The van der Waals surface area contributed by atoms with Crippen LogP contribution in [-0.4, -0.2) is 31.1 Å². The van der Waals surface area contributed by atoms with Crippen molar-refractivity contribution in [3.8, 4) is 0 Å². The topological polar surface area (TPSA) is 24.7 Å². The largest absolute Gasteiger partial charge is 0.116 e. The third-order valence-corrected chi connectivity index (χ3v) is 3.72. The van der Waals surface area contributed by atoms with E-state index in [1.54, 1.807) is 6.08 Å². The average Bonchev–Trinajstić information content (AvgIpc) is 1.97. The molecule has 0 bridgehead atoms. The monoisotopic (exact) mass is 358 g/mol. The van der Waals surface area contributed by atoms with Gasteiger partial charge < -0.3 is 0 Å². The second kappa shape index (κ2) is 12.5. The minimum Gasteiger partial charge on any atom is -0.116 e. The molecule has 110 valence electrons. The van der Waals surface area contributed by atoms with E-state index in [1.165, 1.54) is 0 Å². The molecule has 0 aliphatic rings. The van der Waals surface area contributed by atoms with Crippen molar-refractivity contribution in [2.45, 2.75) is 59.5 Å². The molecule has 18 heavy (non-hydrogen) atoms. The zero-order valence-electron chi connectivity index (χ0n) is 14.0. The van der Waals surface area contributed by atoms with E-state index < -0.39 is 18.2 Å². The number of rotatable bonds is 0. The third-order valence-electron chi connectivity index (χ3n) is 0.629. The van der Waals surface area contributed by atoms with Crippen molar-refractivity contribution in [2.24, 2.45) is 6.99 Å². The second-order valence-corrected chi connectivity index (χ2v) is 10.3. The van der Waals surface area contributed by atoms with Gasteiger partial charge in [0.25, 0.3) is 0 Å². The molecular weight excluding hydrogens is 323 g/mol. The Bertz CT molecular complexity index is 233. The van der Waals surface area contributed by atoms with Crippen molar-refractivity contribution in [1.82, 2.24) is 0 Å². The number of hydrogen-bond acceptors (Lipinski definition) is 2. The Morgan fingerprint density at radius 2 is 1.06 bits per heavy atom. The summed E-state index contributed by atoms with van der Waals surface area (Å²) in [7, 11) is 0.380. The molecule has 0 aliphatic heterocycles. The Kier molecular flexibility index (Phi) is 16.3. The van der Waals surface area contributed by atoms with Gasteiger partial charge in [-0.2, -0.15) is 0 Å². The Morgan fingerprint density at radius 1 is 0.889 bits per heavy atom. The first-order valence-corrected chi connectivity index (χ1v) is 10.6. The van der Waals surface area contributed by atoms with E-state index in [9.17, 15) is 0 Å². The van der Waals surface area contributed by atoms with Gasteiger partial charge in [-0.05, 0) is 26.9 Å². The maximum Gasteiger partial charge on any atom is -0.0449 e. The predicted molar refractivity (Wildman–Crippen MR) is 84.9 cm³/mol. The van der Waals surface area contributed by atoms with Gasteiger partial charge in [-0.3, -0.25) is 0 Å². The fraction of sp³-hybridized carbons (Fsp3) is 0.857. The van der Waals surface area contributed by atoms with Gasteiger partial charge in [-0.25, -0.2) is 0 Å². The van der Waals surface area contributed by atoms with E-state index >= 15 is 0 Å². The van der Waals surface area contributed by atoms with Gasteiger partial charge in [0, 0.05) is 0 Å². The van der Waals surface area contributed by atoms with Crippen LogP contribution < -0.4 is 0 Å². The molecule has 0 N–H and O–H groups in total. The van der Waals surface area contributed by atoms with Gasteiger partial charge in [-0.15, -0.1) is 14.5 Å². The maximum atomic E-state index is 4.51. The molecular formula is C14H33MoN2P. The minimum absolute atomic E-state index is 0.108. The summed E-state index contributed by atoms with van der Waals surface area (Å²) in [4.78, 5) is 0. The number of hydrogen-bond donors (Lipinski definition) is 0. The van der Waals surface area contributed by atoms with Crippen LogP contribution in [-0.2, 0) is 18.2 Å². The molecule has 0 atom stereocenters. The fourth-order valence-electron chi connectivity index (χ4n) is 0.265. The summed E-state index contributed by atoms with van der Waals surface area (Å²) in [6.45, 7) is 24.7. The summed E-state index contributed by atoms with van der Waals surface area (Å²) in [5.74, 6) is 0. The maximum absolute atomic E-state index is 4.51. The molecule has 0 aromatic heterocycles. The average molecular weight is 356 g/mol. The van der Waals surface area contributed by atoms with E-state index in [0.717, 1.165) is 0 Å². The summed E-state index contributed by atoms with van der Waals surface area (Å²) >= 11 is -0.473. The van der Waals surface area contributed by atoms with Crippen LogP contribution in [0, 0.1) is 0 Å². The molecule has 4 heteroatoms. The van der Waals surface area contributed by atoms with Crippen LogP contribution >= 0.6 is 7.92 Å². The van der Waals surface area contributed by atoms with Crippen LogP contribution in [0.4, 0.5) is 0 Å². The molecule has 0 radical (unpaired) electrons. The summed E-state index contributed by atoms with van der Waals surface area (Å²) in [6, 6.07) is 0. The zero-order chi connectivity index (χ0) is 15.4. The number of nitrogens with zero attached hydrogens (tertiary/aromatic N) is 2. The zero-order valence-corrected chi connectivity index (χ0v) is 16.9. The smallest absolute Gasteiger partial charge is 0.0449 e. The minimum atomic E-state index is -0.473. The van der Waals surface area contributed by atoms with Gasteiger partial charge >= 0.3 is 77.8 Å². The first kappa shape index (κ1) is 23.5. The molecule has 0 amide bonds. The molecule has 0 saturated carbocycles. The normalized spacial score (nSPS) is 10.4. The van der Waals surface area contributed by atoms with E-state index in [4.69, 9.17) is 0 Å². The first-order chi connectivity index (χ1) is 7.85. The standard InChI is InChI=1S/2C4H9N.C3H9P.C3H6.Mo/c2*1-4(2,3)5;1-4(2)3;1-3-2;/h2*1-3H3;1-3H3;3H,1H2,2H3;. The van der Waals surface area contributed by atoms with Crippen molar-refractivity contribution < 1.29 is 18.2 Å². The van der Waals surface area contributed by atoms with Crippen molar-refractivity contribution >= 4 is 7.92 Å². The van der Waals surface area contributed by atoms with Gasteiger partial charge in [0.1, 0.15) is 0 Å². The van der Waals surface area contributed by atoms with E-state index in [1.807, 2.05) is 6.92 Å². The molecule has 0 fully saturated rings. The molecule has 0 aliphatic carbocycles. The molecule has 0 spiro atoms. The number of allylic oxidation sites excluding steroid dienone is 1. The van der Waals surface area contributed by atoms with Crippen molar-refractivity contribution in [1.29, 1.82) is 0 Å². The van der Waals surface area contributed by atoms with Crippen molar-refractivity contribution in [3.05, 3.63) is 12.7 Å². The SMILES string of the molecule is C=CC.CC(C)(C)[N]=[Mo]=[N]C(C)(C)C.CP(C)C. The van der Waals surface area contributed by atoms with Gasteiger partial charge in [-0.1, -0.05) is 6.08 Å². The Hall–Kier alpha value is 0.458. The van der Waals surface area contributed by atoms with Crippen LogP contribution in [0.2, 0.25) is 0 Å². The van der Waals surface area contributed by atoms with Crippen LogP contribution in [0.25, 0.3) is 0 Å². The molecule has 2 nitrogen and oxygen atoms in total. The van der Waals surface area contributed by atoms with Gasteiger partial charge in [0.2, 0.25) is 0 Å². The summed E-state index contributed by atoms with van der Waals surface area (Å²) in [5.41, 5.74) is 0.216. The molecule has 0 rings (SSSR count). The van der Waals surface area contributed by atoms with Crippen molar-refractivity contribution in [2.75, 3.05) is 20.0 Å². The van der Waals surface area contributed by atoms with Crippen LogP contribution in [0.1, 0.15) is 48.5 Å². The summed E-state index contributed by atoms with van der Waals surface area (Å²) in [5, 5.41) is 0. The Morgan fingerprint density at radius 3 is 1.17 bits per heavy atom. The molecule has 0 heterocycles. The molecule has 0 unspecified atom stereocenters. The van der Waals surface area contributed by atoms with E-state index in [-0.39, 0.29) is 11.1 Å². The van der Waals surface area contributed by atoms with Gasteiger partial charge in [0.05, 0.1) is 0 Å².